The predicted octanol–water partition coefficient (Wildman–Crippen LogP) is 7.59. The standard InChI is InChI=1S/C25H21Cl2N3O2S/c26-19-10-5-4-9-18(19)21-13-12-17(32-21)15-22-24(31)30(16-7-2-1-3-8-16)25(33-22)29-20-11-6-14-28-23(20)27/h4-6,9-16H,1-3,7-8H2/b22-15+,29-25?. The van der Waals surface area contributed by atoms with E-state index in [2.05, 4.69) is 4.98 Å². The molecule has 1 aliphatic carbocycles. The zero-order valence-corrected chi connectivity index (χ0v) is 20.0. The number of nitrogens with zero attached hydrogens (tertiary/aromatic N) is 3. The molecular formula is C25H21Cl2N3O2S. The van der Waals surface area contributed by atoms with E-state index in [1.807, 2.05) is 41.3 Å². The number of aromatic nitrogens is 1. The van der Waals surface area contributed by atoms with Crippen molar-refractivity contribution in [2.24, 2.45) is 4.99 Å². The number of furan rings is 1. The van der Waals surface area contributed by atoms with E-state index >= 15 is 0 Å². The van der Waals surface area contributed by atoms with Gasteiger partial charge in [0.2, 0.25) is 0 Å². The van der Waals surface area contributed by atoms with Gasteiger partial charge in [0.1, 0.15) is 17.2 Å². The lowest BCUT2D eigenvalue weighted by atomic mass is 9.94. The third-order valence-electron chi connectivity index (χ3n) is 5.77. The molecule has 0 atom stereocenters. The molecular weight excluding hydrogens is 477 g/mol. The molecule has 168 valence electrons. The summed E-state index contributed by atoms with van der Waals surface area (Å²) in [6.45, 7) is 0. The molecule has 0 spiro atoms. The zero-order chi connectivity index (χ0) is 22.8. The summed E-state index contributed by atoms with van der Waals surface area (Å²) in [4.78, 5) is 24.7. The topological polar surface area (TPSA) is 58.7 Å². The number of hydrogen-bond donors (Lipinski definition) is 0. The van der Waals surface area contributed by atoms with Crippen LogP contribution in [-0.2, 0) is 4.79 Å². The van der Waals surface area contributed by atoms with Gasteiger partial charge in [-0.1, -0.05) is 54.6 Å². The number of amidine groups is 1. The van der Waals surface area contributed by atoms with Crippen LogP contribution in [0.4, 0.5) is 5.69 Å². The molecule has 3 heterocycles. The molecule has 0 bridgehead atoms. The lowest BCUT2D eigenvalue weighted by Crippen LogP contribution is -2.40. The number of pyridine rings is 1. The van der Waals surface area contributed by atoms with Crippen molar-refractivity contribution in [1.82, 2.24) is 9.88 Å². The molecule has 0 N–H and O–H groups in total. The van der Waals surface area contributed by atoms with Gasteiger partial charge in [0, 0.05) is 23.9 Å². The molecule has 1 amide bonds. The third-order valence-corrected chi connectivity index (χ3v) is 7.38. The van der Waals surface area contributed by atoms with Crippen LogP contribution in [0.2, 0.25) is 10.2 Å². The van der Waals surface area contributed by atoms with Gasteiger partial charge in [0.05, 0.1) is 9.93 Å². The van der Waals surface area contributed by atoms with E-state index in [4.69, 9.17) is 32.6 Å². The summed E-state index contributed by atoms with van der Waals surface area (Å²) in [6.07, 6.45) is 8.75. The molecule has 0 unspecified atom stereocenters. The van der Waals surface area contributed by atoms with Gasteiger partial charge in [-0.15, -0.1) is 0 Å². The molecule has 1 aliphatic heterocycles. The van der Waals surface area contributed by atoms with Crippen LogP contribution in [-0.4, -0.2) is 27.0 Å². The van der Waals surface area contributed by atoms with Crippen molar-refractivity contribution in [2.75, 3.05) is 0 Å². The van der Waals surface area contributed by atoms with Crippen molar-refractivity contribution >= 4 is 57.8 Å². The van der Waals surface area contributed by atoms with Crippen LogP contribution in [0.5, 0.6) is 0 Å². The number of aliphatic imine (C=N–C) groups is 1. The minimum atomic E-state index is -0.0543. The van der Waals surface area contributed by atoms with E-state index in [0.29, 0.717) is 37.5 Å². The maximum Gasteiger partial charge on any atom is 0.267 e. The Hall–Kier alpha value is -2.54. The fourth-order valence-electron chi connectivity index (χ4n) is 4.16. The molecule has 2 aliphatic rings. The zero-order valence-electron chi connectivity index (χ0n) is 17.7. The molecule has 0 radical (unpaired) electrons. The maximum atomic E-state index is 13.5. The second kappa shape index (κ2) is 9.75. The average Bonchev–Trinajstić information content (AvgIpc) is 3.41. The monoisotopic (exact) mass is 497 g/mol. The summed E-state index contributed by atoms with van der Waals surface area (Å²) in [5, 5.41) is 1.56. The molecule has 1 aromatic carbocycles. The van der Waals surface area contributed by atoms with Gasteiger partial charge >= 0.3 is 0 Å². The van der Waals surface area contributed by atoms with E-state index in [0.717, 1.165) is 31.2 Å². The molecule has 8 heteroatoms. The highest BCUT2D eigenvalue weighted by Gasteiger charge is 2.39. The third kappa shape index (κ3) is 4.74. The highest BCUT2D eigenvalue weighted by molar-refractivity contribution is 8.18. The molecule has 5 nitrogen and oxygen atoms in total. The minimum absolute atomic E-state index is 0.0543. The first-order valence-electron chi connectivity index (χ1n) is 10.9. The molecule has 2 fully saturated rings. The molecule has 5 rings (SSSR count). The Bertz CT molecular complexity index is 1250. The highest BCUT2D eigenvalue weighted by atomic mass is 35.5. The van der Waals surface area contributed by atoms with Crippen LogP contribution in [0, 0.1) is 0 Å². The second-order valence-electron chi connectivity index (χ2n) is 7.97. The van der Waals surface area contributed by atoms with Crippen LogP contribution >= 0.6 is 35.0 Å². The number of benzene rings is 1. The second-order valence-corrected chi connectivity index (χ2v) is 9.74. The molecule has 3 aromatic rings. The van der Waals surface area contributed by atoms with Crippen molar-refractivity contribution in [3.05, 3.63) is 75.6 Å². The molecule has 2 aromatic heterocycles. The molecule has 1 saturated heterocycles. The Morgan fingerprint density at radius 2 is 1.88 bits per heavy atom. The van der Waals surface area contributed by atoms with Gasteiger partial charge in [-0.2, -0.15) is 0 Å². The van der Waals surface area contributed by atoms with Gasteiger partial charge in [0.25, 0.3) is 5.91 Å². The van der Waals surface area contributed by atoms with E-state index in [1.165, 1.54) is 18.2 Å². The first-order chi connectivity index (χ1) is 16.1. The SMILES string of the molecule is O=C1/C(=C\c2ccc(-c3ccccc3Cl)o2)SC(=Nc2cccnc2Cl)N1C1CCCCC1. The van der Waals surface area contributed by atoms with Crippen molar-refractivity contribution in [3.63, 3.8) is 0 Å². The number of halogens is 2. The summed E-state index contributed by atoms with van der Waals surface area (Å²) in [5.74, 6) is 1.19. The number of thioether (sulfide) groups is 1. The molecule has 33 heavy (non-hydrogen) atoms. The predicted molar refractivity (Wildman–Crippen MR) is 135 cm³/mol. The fraction of sp³-hybridized carbons (Fsp3) is 0.240. The summed E-state index contributed by atoms with van der Waals surface area (Å²) >= 11 is 13.9. The maximum absolute atomic E-state index is 13.5. The summed E-state index contributed by atoms with van der Waals surface area (Å²) < 4.78 is 6.00. The fourth-order valence-corrected chi connectivity index (χ4v) is 5.58. The van der Waals surface area contributed by atoms with Crippen LogP contribution in [0.15, 0.2) is 69.0 Å². The van der Waals surface area contributed by atoms with Crippen LogP contribution in [0.1, 0.15) is 37.9 Å². The van der Waals surface area contributed by atoms with Gasteiger partial charge in [-0.3, -0.25) is 9.69 Å². The molecule has 1 saturated carbocycles. The number of hydrogen-bond acceptors (Lipinski definition) is 5. The quantitative estimate of drug-likeness (QED) is 0.275. The van der Waals surface area contributed by atoms with E-state index in [1.54, 1.807) is 24.4 Å². The Balaban J connectivity index is 1.48. The van der Waals surface area contributed by atoms with Crippen molar-refractivity contribution in [1.29, 1.82) is 0 Å². The van der Waals surface area contributed by atoms with Gasteiger partial charge in [-0.25, -0.2) is 9.98 Å². The number of carbonyl (C=O) groups excluding carboxylic acids is 1. The minimum Gasteiger partial charge on any atom is -0.457 e. The van der Waals surface area contributed by atoms with Crippen molar-refractivity contribution in [3.8, 4) is 11.3 Å². The lowest BCUT2D eigenvalue weighted by Gasteiger charge is -2.30. The average molecular weight is 498 g/mol. The van der Waals surface area contributed by atoms with Gasteiger partial charge < -0.3 is 4.42 Å². The van der Waals surface area contributed by atoms with E-state index in [9.17, 15) is 4.79 Å². The van der Waals surface area contributed by atoms with E-state index in [-0.39, 0.29) is 11.9 Å². The van der Waals surface area contributed by atoms with Gasteiger partial charge in [-0.05, 0) is 61.0 Å². The van der Waals surface area contributed by atoms with Crippen LogP contribution < -0.4 is 0 Å². The Morgan fingerprint density at radius 1 is 1.06 bits per heavy atom. The first kappa shape index (κ1) is 22.3. The number of carbonyl (C=O) groups is 1. The first-order valence-corrected chi connectivity index (χ1v) is 12.4. The lowest BCUT2D eigenvalue weighted by molar-refractivity contribution is -0.124. The smallest absolute Gasteiger partial charge is 0.267 e. The van der Waals surface area contributed by atoms with Crippen LogP contribution in [0.25, 0.3) is 17.4 Å². The van der Waals surface area contributed by atoms with Crippen molar-refractivity contribution < 1.29 is 9.21 Å². The van der Waals surface area contributed by atoms with E-state index < -0.39 is 0 Å². The Morgan fingerprint density at radius 3 is 2.67 bits per heavy atom. The normalized spacial score (nSPS) is 19.7. The van der Waals surface area contributed by atoms with Crippen LogP contribution in [0.3, 0.4) is 0 Å². The Kier molecular flexibility index (Phi) is 6.58. The number of rotatable bonds is 4. The largest absolute Gasteiger partial charge is 0.457 e. The number of amides is 1. The highest BCUT2D eigenvalue weighted by Crippen LogP contribution is 2.39. The Labute approximate surface area is 206 Å². The van der Waals surface area contributed by atoms with Crippen molar-refractivity contribution in [2.45, 2.75) is 38.1 Å². The summed E-state index contributed by atoms with van der Waals surface area (Å²) in [5.41, 5.74) is 1.36. The summed E-state index contributed by atoms with van der Waals surface area (Å²) in [7, 11) is 0. The van der Waals surface area contributed by atoms with Gasteiger partial charge in [0.15, 0.2) is 10.3 Å². The summed E-state index contributed by atoms with van der Waals surface area (Å²) in [6, 6.07) is 14.9.